The van der Waals surface area contributed by atoms with Crippen LogP contribution in [-0.4, -0.2) is 17.0 Å². The second-order valence-corrected chi connectivity index (χ2v) is 5.36. The van der Waals surface area contributed by atoms with Crippen molar-refractivity contribution in [2.45, 2.75) is 20.4 Å². The molecule has 0 fully saturated rings. The Morgan fingerprint density at radius 3 is 2.42 bits per heavy atom. The van der Waals surface area contributed by atoms with Crippen LogP contribution >= 0.6 is 15.9 Å². The van der Waals surface area contributed by atoms with E-state index in [1.807, 2.05) is 24.3 Å². The Balaban J connectivity index is 1.93. The number of aryl methyl sites for hydroxylation is 2. The van der Waals surface area contributed by atoms with Crippen LogP contribution in [0.15, 0.2) is 40.9 Å². The third kappa shape index (κ3) is 3.26. The van der Waals surface area contributed by atoms with E-state index in [1.165, 1.54) is 11.4 Å². The summed E-state index contributed by atoms with van der Waals surface area (Å²) >= 11 is 3.38. The minimum absolute atomic E-state index is 0.0464. The molecular weight excluding hydrogens is 304 g/mol. The third-order valence-corrected chi connectivity index (χ3v) is 3.85. The Morgan fingerprint density at radius 2 is 1.79 bits per heavy atom. The topological polar surface area (TPSA) is 34.0 Å². The summed E-state index contributed by atoms with van der Waals surface area (Å²) in [6, 6.07) is 11.6. The number of hydrogen-bond acceptors (Lipinski definition) is 1. The van der Waals surface area contributed by atoms with Crippen molar-refractivity contribution in [3.8, 4) is 0 Å². The van der Waals surface area contributed by atoms with E-state index >= 15 is 0 Å². The highest BCUT2D eigenvalue weighted by Crippen LogP contribution is 2.15. The fourth-order valence-corrected chi connectivity index (χ4v) is 2.54. The van der Waals surface area contributed by atoms with Crippen molar-refractivity contribution in [3.05, 3.63) is 57.8 Å². The number of rotatable bonds is 4. The van der Waals surface area contributed by atoms with Gasteiger partial charge in [-0.2, -0.15) is 0 Å². The molecule has 3 nitrogen and oxygen atoms in total. The molecule has 0 bridgehead atoms. The summed E-state index contributed by atoms with van der Waals surface area (Å²) in [5.74, 6) is -0.0464. The van der Waals surface area contributed by atoms with Crippen molar-refractivity contribution in [1.29, 1.82) is 0 Å². The predicted molar refractivity (Wildman–Crippen MR) is 80.4 cm³/mol. The molecule has 2 aromatic rings. The molecular formula is C15H17BrN2O. The monoisotopic (exact) mass is 320 g/mol. The van der Waals surface area contributed by atoms with Gasteiger partial charge >= 0.3 is 0 Å². The second-order valence-electron chi connectivity index (χ2n) is 4.50. The zero-order chi connectivity index (χ0) is 13.8. The minimum atomic E-state index is -0.0464. The summed E-state index contributed by atoms with van der Waals surface area (Å²) < 4.78 is 3.01. The lowest BCUT2D eigenvalue weighted by molar-refractivity contribution is 0.0951. The van der Waals surface area contributed by atoms with Crippen LogP contribution in [0.3, 0.4) is 0 Å². The first-order chi connectivity index (χ1) is 9.09. The third-order valence-electron chi connectivity index (χ3n) is 3.16. The molecule has 0 saturated heterocycles. The van der Waals surface area contributed by atoms with Crippen LogP contribution in [0, 0.1) is 13.8 Å². The van der Waals surface area contributed by atoms with Crippen LogP contribution in [-0.2, 0) is 6.54 Å². The van der Waals surface area contributed by atoms with Gasteiger partial charge in [0, 0.05) is 29.0 Å². The fourth-order valence-electron chi connectivity index (χ4n) is 2.07. The number of hydrogen-bond donors (Lipinski definition) is 1. The van der Waals surface area contributed by atoms with Crippen LogP contribution in [0.1, 0.15) is 21.7 Å². The van der Waals surface area contributed by atoms with E-state index in [-0.39, 0.29) is 5.91 Å². The molecule has 19 heavy (non-hydrogen) atoms. The van der Waals surface area contributed by atoms with Crippen LogP contribution in [0.5, 0.6) is 0 Å². The van der Waals surface area contributed by atoms with E-state index in [1.54, 1.807) is 0 Å². The van der Waals surface area contributed by atoms with E-state index in [0.717, 1.165) is 11.0 Å². The van der Waals surface area contributed by atoms with Crippen LogP contribution < -0.4 is 5.32 Å². The van der Waals surface area contributed by atoms with Crippen molar-refractivity contribution < 1.29 is 4.79 Å². The molecule has 100 valence electrons. The number of carbonyl (C=O) groups excluding carboxylic acids is 1. The molecule has 2 rings (SSSR count). The standard InChI is InChI=1S/C15H17BrN2O/c1-11-7-8-12(2)18(11)10-9-17-15(19)13-5-3-4-6-14(13)16/h3-8H,9-10H2,1-2H3,(H,17,19). The second kappa shape index (κ2) is 6.06. The summed E-state index contributed by atoms with van der Waals surface area (Å²) in [5, 5.41) is 2.94. The molecule has 4 heteroatoms. The maximum Gasteiger partial charge on any atom is 0.252 e. The smallest absolute Gasteiger partial charge is 0.252 e. The van der Waals surface area contributed by atoms with Gasteiger partial charge in [-0.3, -0.25) is 4.79 Å². The summed E-state index contributed by atoms with van der Waals surface area (Å²) in [6.07, 6.45) is 0. The van der Waals surface area contributed by atoms with E-state index < -0.39 is 0 Å². The molecule has 1 amide bonds. The average Bonchev–Trinajstić information content (AvgIpc) is 2.70. The Morgan fingerprint density at radius 1 is 1.16 bits per heavy atom. The molecule has 1 aromatic carbocycles. The fraction of sp³-hybridized carbons (Fsp3) is 0.267. The first-order valence-electron chi connectivity index (χ1n) is 6.25. The number of nitrogens with one attached hydrogen (secondary N) is 1. The summed E-state index contributed by atoms with van der Waals surface area (Å²) in [5.41, 5.74) is 3.10. The highest BCUT2D eigenvalue weighted by atomic mass is 79.9. The van der Waals surface area contributed by atoms with Gasteiger partial charge in [0.05, 0.1) is 5.56 Å². The number of amides is 1. The highest BCUT2D eigenvalue weighted by molar-refractivity contribution is 9.10. The lowest BCUT2D eigenvalue weighted by atomic mass is 10.2. The quantitative estimate of drug-likeness (QED) is 0.921. The van der Waals surface area contributed by atoms with Crippen molar-refractivity contribution in [2.24, 2.45) is 0 Å². The molecule has 1 aromatic heterocycles. The van der Waals surface area contributed by atoms with Crippen LogP contribution in [0.2, 0.25) is 0 Å². The van der Waals surface area contributed by atoms with Crippen molar-refractivity contribution >= 4 is 21.8 Å². The van der Waals surface area contributed by atoms with Crippen molar-refractivity contribution in [3.63, 3.8) is 0 Å². The molecule has 0 unspecified atom stereocenters. The number of halogens is 1. The first kappa shape index (κ1) is 13.9. The van der Waals surface area contributed by atoms with Crippen molar-refractivity contribution in [1.82, 2.24) is 9.88 Å². The maximum atomic E-state index is 12.0. The van der Waals surface area contributed by atoms with Crippen LogP contribution in [0.25, 0.3) is 0 Å². The Kier molecular flexibility index (Phi) is 4.43. The predicted octanol–water partition coefficient (Wildman–Crippen LogP) is 3.30. The Hall–Kier alpha value is -1.55. The number of carbonyl (C=O) groups is 1. The maximum absolute atomic E-state index is 12.0. The number of benzene rings is 1. The molecule has 0 radical (unpaired) electrons. The Bertz CT molecular complexity index is 570. The molecule has 0 spiro atoms. The van der Waals surface area contributed by atoms with E-state index in [4.69, 9.17) is 0 Å². The van der Waals surface area contributed by atoms with Gasteiger partial charge < -0.3 is 9.88 Å². The molecule has 0 atom stereocenters. The zero-order valence-corrected chi connectivity index (χ0v) is 12.7. The Labute approximate surface area is 121 Å². The minimum Gasteiger partial charge on any atom is -0.350 e. The average molecular weight is 321 g/mol. The summed E-state index contributed by atoms with van der Waals surface area (Å²) in [6.45, 7) is 5.56. The van der Waals surface area contributed by atoms with E-state index in [2.05, 4.69) is 51.8 Å². The van der Waals surface area contributed by atoms with Gasteiger partial charge in [-0.15, -0.1) is 0 Å². The lowest BCUT2D eigenvalue weighted by Gasteiger charge is -2.11. The van der Waals surface area contributed by atoms with Gasteiger partial charge in [-0.1, -0.05) is 12.1 Å². The lowest BCUT2D eigenvalue weighted by Crippen LogP contribution is -2.27. The summed E-state index contributed by atoms with van der Waals surface area (Å²) in [4.78, 5) is 12.0. The molecule has 0 saturated carbocycles. The number of aromatic nitrogens is 1. The molecule has 0 aliphatic rings. The van der Waals surface area contributed by atoms with Crippen molar-refractivity contribution in [2.75, 3.05) is 6.54 Å². The van der Waals surface area contributed by atoms with Gasteiger partial charge in [0.15, 0.2) is 0 Å². The highest BCUT2D eigenvalue weighted by Gasteiger charge is 2.08. The molecule has 0 aliphatic carbocycles. The molecule has 0 aliphatic heterocycles. The largest absolute Gasteiger partial charge is 0.350 e. The van der Waals surface area contributed by atoms with Gasteiger partial charge in [0.2, 0.25) is 0 Å². The first-order valence-corrected chi connectivity index (χ1v) is 7.04. The summed E-state index contributed by atoms with van der Waals surface area (Å²) in [7, 11) is 0. The van der Waals surface area contributed by atoms with Gasteiger partial charge in [0.1, 0.15) is 0 Å². The zero-order valence-electron chi connectivity index (χ0n) is 11.1. The molecule has 1 heterocycles. The molecule has 1 N–H and O–H groups in total. The van der Waals surface area contributed by atoms with E-state index in [0.29, 0.717) is 12.1 Å². The van der Waals surface area contributed by atoms with Crippen LogP contribution in [0.4, 0.5) is 0 Å². The number of nitrogens with zero attached hydrogens (tertiary/aromatic N) is 1. The normalized spacial score (nSPS) is 10.5. The SMILES string of the molecule is Cc1ccc(C)n1CCNC(=O)c1ccccc1Br. The van der Waals surface area contributed by atoms with Gasteiger partial charge in [-0.05, 0) is 54.0 Å². The van der Waals surface area contributed by atoms with Gasteiger partial charge in [-0.25, -0.2) is 0 Å². The van der Waals surface area contributed by atoms with E-state index in [9.17, 15) is 4.79 Å². The van der Waals surface area contributed by atoms with Gasteiger partial charge in [0.25, 0.3) is 5.91 Å².